The van der Waals surface area contributed by atoms with Gasteiger partial charge in [0.25, 0.3) is 0 Å². The molecule has 0 amide bonds. The number of benzene rings is 1. The Morgan fingerprint density at radius 3 is 2.69 bits per heavy atom. The van der Waals surface area contributed by atoms with Gasteiger partial charge in [0.2, 0.25) is 0 Å². The van der Waals surface area contributed by atoms with E-state index in [0.717, 1.165) is 4.90 Å². The molecule has 0 spiro atoms. The van der Waals surface area contributed by atoms with E-state index in [0.29, 0.717) is 17.9 Å². The largest absolute Gasteiger partial charge is 0.480 e. The summed E-state index contributed by atoms with van der Waals surface area (Å²) in [5, 5.41) is 19.0. The molecule has 1 aliphatic carbocycles. The third kappa shape index (κ3) is 2.19. The first-order valence-electron chi connectivity index (χ1n) is 4.88. The number of thioether (sulfide) groups is 1. The molecule has 1 aromatic carbocycles. The number of aliphatic hydroxyl groups is 1. The van der Waals surface area contributed by atoms with Crippen LogP contribution in [0.5, 0.6) is 0 Å². The van der Waals surface area contributed by atoms with Crippen molar-refractivity contribution in [3.8, 4) is 0 Å². The number of carbonyl (C=O) groups is 1. The summed E-state index contributed by atoms with van der Waals surface area (Å²) in [6.45, 7) is 0. The lowest BCUT2D eigenvalue weighted by Gasteiger charge is -2.40. The van der Waals surface area contributed by atoms with Crippen LogP contribution in [0.3, 0.4) is 0 Å². The minimum atomic E-state index is -0.885. The van der Waals surface area contributed by atoms with Gasteiger partial charge in [0.05, 0.1) is 6.10 Å². The molecule has 3 nitrogen and oxygen atoms in total. The molecule has 1 aliphatic rings. The van der Waals surface area contributed by atoms with Crippen LogP contribution in [0.1, 0.15) is 12.8 Å². The predicted octanol–water partition coefficient (Wildman–Crippen LogP) is 2.41. The lowest BCUT2D eigenvalue weighted by Crippen LogP contribution is -2.50. The van der Waals surface area contributed by atoms with Crippen molar-refractivity contribution in [3.05, 3.63) is 29.3 Å². The lowest BCUT2D eigenvalue weighted by molar-refractivity contribution is -0.145. The van der Waals surface area contributed by atoms with E-state index >= 15 is 0 Å². The summed E-state index contributed by atoms with van der Waals surface area (Å²) in [6.07, 6.45) is 0.0849. The van der Waals surface area contributed by atoms with Crippen molar-refractivity contribution in [3.63, 3.8) is 0 Å². The van der Waals surface area contributed by atoms with E-state index in [4.69, 9.17) is 16.7 Å². The minimum absolute atomic E-state index is 0.291. The molecule has 1 saturated carbocycles. The molecule has 1 aromatic rings. The Morgan fingerprint density at radius 1 is 1.50 bits per heavy atom. The molecule has 2 N–H and O–H groups in total. The molecule has 0 bridgehead atoms. The first-order chi connectivity index (χ1) is 7.52. The van der Waals surface area contributed by atoms with Gasteiger partial charge in [-0.25, -0.2) is 0 Å². The van der Waals surface area contributed by atoms with Crippen molar-refractivity contribution in [2.45, 2.75) is 28.6 Å². The number of hydrogen-bond acceptors (Lipinski definition) is 3. The monoisotopic (exact) mass is 258 g/mol. The molecule has 1 fully saturated rings. The highest BCUT2D eigenvalue weighted by molar-refractivity contribution is 8.01. The van der Waals surface area contributed by atoms with E-state index in [1.54, 1.807) is 18.2 Å². The van der Waals surface area contributed by atoms with Gasteiger partial charge in [-0.05, 0) is 31.0 Å². The zero-order valence-electron chi connectivity index (χ0n) is 8.39. The smallest absolute Gasteiger partial charge is 0.320 e. The number of hydrogen-bond donors (Lipinski definition) is 2. The molecule has 0 aromatic heterocycles. The molecular weight excluding hydrogens is 248 g/mol. The maximum Gasteiger partial charge on any atom is 0.320 e. The van der Waals surface area contributed by atoms with E-state index in [1.807, 2.05) is 6.07 Å². The van der Waals surface area contributed by atoms with Gasteiger partial charge in [0, 0.05) is 9.92 Å². The molecule has 16 heavy (non-hydrogen) atoms. The van der Waals surface area contributed by atoms with Crippen LogP contribution in [0.25, 0.3) is 0 Å². The van der Waals surface area contributed by atoms with E-state index in [1.165, 1.54) is 11.8 Å². The third-order valence-electron chi connectivity index (χ3n) is 2.63. The molecule has 0 radical (unpaired) electrons. The quantitative estimate of drug-likeness (QED) is 0.874. The third-order valence-corrected chi connectivity index (χ3v) is 4.25. The number of rotatable bonds is 3. The fourth-order valence-corrected chi connectivity index (χ4v) is 3.44. The summed E-state index contributed by atoms with van der Waals surface area (Å²) >= 11 is 7.09. The normalized spacial score (nSPS) is 28.5. The summed E-state index contributed by atoms with van der Waals surface area (Å²) < 4.78 is -0.885. The number of aliphatic hydroxyl groups excluding tert-OH is 1. The molecule has 0 saturated heterocycles. The molecule has 0 unspecified atom stereocenters. The van der Waals surface area contributed by atoms with Gasteiger partial charge < -0.3 is 10.2 Å². The Kier molecular flexibility index (Phi) is 3.15. The Bertz CT molecular complexity index is 415. The molecule has 2 rings (SSSR count). The van der Waals surface area contributed by atoms with Crippen LogP contribution >= 0.6 is 23.4 Å². The van der Waals surface area contributed by atoms with Crippen LogP contribution < -0.4 is 0 Å². The SMILES string of the molecule is O=C(O)C1(Sc2cccc(Cl)c2)CC(O)C1. The van der Waals surface area contributed by atoms with Crippen LogP contribution in [0, 0.1) is 0 Å². The van der Waals surface area contributed by atoms with E-state index in [2.05, 4.69) is 0 Å². The zero-order chi connectivity index (χ0) is 11.8. The summed E-state index contributed by atoms with van der Waals surface area (Å²) in [6, 6.07) is 7.09. The van der Waals surface area contributed by atoms with Crippen molar-refractivity contribution in [1.29, 1.82) is 0 Å². The Hall–Kier alpha value is -0.710. The van der Waals surface area contributed by atoms with Crippen LogP contribution in [0.4, 0.5) is 0 Å². The highest BCUT2D eigenvalue weighted by Gasteiger charge is 2.51. The van der Waals surface area contributed by atoms with Gasteiger partial charge in [-0.3, -0.25) is 4.79 Å². The number of carboxylic acid groups (broad SMARTS) is 1. The Labute approximate surface area is 102 Å². The lowest BCUT2D eigenvalue weighted by atomic mass is 9.81. The molecule has 0 atom stereocenters. The van der Waals surface area contributed by atoms with Crippen molar-refractivity contribution in [2.24, 2.45) is 0 Å². The van der Waals surface area contributed by atoms with Crippen LogP contribution in [0.15, 0.2) is 29.2 Å². The number of carboxylic acids is 1. The first kappa shape index (κ1) is 11.8. The number of halogens is 1. The second-order valence-electron chi connectivity index (χ2n) is 3.92. The maximum absolute atomic E-state index is 11.2. The van der Waals surface area contributed by atoms with E-state index in [-0.39, 0.29) is 0 Å². The summed E-state index contributed by atoms with van der Waals surface area (Å²) in [7, 11) is 0. The van der Waals surface area contributed by atoms with Crippen LogP contribution in [0.2, 0.25) is 5.02 Å². The van der Waals surface area contributed by atoms with Gasteiger partial charge in [-0.15, -0.1) is 11.8 Å². The van der Waals surface area contributed by atoms with Gasteiger partial charge in [0.15, 0.2) is 0 Å². The Morgan fingerprint density at radius 2 is 2.19 bits per heavy atom. The summed E-state index contributed by atoms with van der Waals surface area (Å²) in [5.41, 5.74) is 0. The highest BCUT2D eigenvalue weighted by atomic mass is 35.5. The molecule has 86 valence electrons. The molecule has 5 heteroatoms. The number of aliphatic carboxylic acids is 1. The topological polar surface area (TPSA) is 57.5 Å². The summed E-state index contributed by atoms with van der Waals surface area (Å²) in [4.78, 5) is 12.0. The highest BCUT2D eigenvalue weighted by Crippen LogP contribution is 2.48. The Balaban J connectivity index is 2.16. The second kappa shape index (κ2) is 4.28. The summed E-state index contributed by atoms with van der Waals surface area (Å²) in [5.74, 6) is -0.872. The minimum Gasteiger partial charge on any atom is -0.480 e. The predicted molar refractivity (Wildman–Crippen MR) is 62.9 cm³/mol. The van der Waals surface area contributed by atoms with Gasteiger partial charge in [0.1, 0.15) is 4.75 Å². The average Bonchev–Trinajstić information content (AvgIpc) is 2.14. The fraction of sp³-hybridized carbons (Fsp3) is 0.364. The molecule has 0 aliphatic heterocycles. The molecular formula is C11H11ClO3S. The second-order valence-corrected chi connectivity index (χ2v) is 5.81. The van der Waals surface area contributed by atoms with Crippen LogP contribution in [-0.2, 0) is 4.79 Å². The van der Waals surface area contributed by atoms with Crippen molar-refractivity contribution in [1.82, 2.24) is 0 Å². The first-order valence-corrected chi connectivity index (χ1v) is 6.07. The van der Waals surface area contributed by atoms with Crippen molar-refractivity contribution < 1.29 is 15.0 Å². The van der Waals surface area contributed by atoms with Crippen LogP contribution in [-0.4, -0.2) is 27.0 Å². The van der Waals surface area contributed by atoms with Crippen molar-refractivity contribution >= 4 is 29.3 Å². The fourth-order valence-electron chi connectivity index (χ4n) is 1.76. The molecule has 0 heterocycles. The van der Waals surface area contributed by atoms with Gasteiger partial charge >= 0.3 is 5.97 Å². The van der Waals surface area contributed by atoms with Crippen molar-refractivity contribution in [2.75, 3.05) is 0 Å². The standard InChI is InChI=1S/C11H11ClO3S/c12-7-2-1-3-9(4-7)16-11(10(14)15)5-8(13)6-11/h1-4,8,13H,5-6H2,(H,14,15). The van der Waals surface area contributed by atoms with E-state index < -0.39 is 16.8 Å². The average molecular weight is 259 g/mol. The van der Waals surface area contributed by atoms with E-state index in [9.17, 15) is 9.90 Å². The van der Waals surface area contributed by atoms with Gasteiger partial charge in [-0.2, -0.15) is 0 Å². The van der Waals surface area contributed by atoms with Gasteiger partial charge in [-0.1, -0.05) is 17.7 Å². The maximum atomic E-state index is 11.2. The zero-order valence-corrected chi connectivity index (χ0v) is 9.96.